The van der Waals surface area contributed by atoms with E-state index in [1.165, 1.54) is 56.1 Å². The van der Waals surface area contributed by atoms with Crippen LogP contribution in [0, 0.1) is 11.8 Å². The number of aliphatic hydroxyl groups is 4. The number of carbonyl (C=O) groups is 18. The average Bonchev–Trinajstić information content (AvgIpc) is 1.66. The molecular weight excluding hydrogens is 1630 g/mol. The highest BCUT2D eigenvalue weighted by atomic mass is 32.2. The van der Waals surface area contributed by atoms with Gasteiger partial charge in [-0.1, -0.05) is 65.0 Å². The summed E-state index contributed by atoms with van der Waals surface area (Å²) in [6.07, 6.45) is -2.04. The molecule has 15 atom stereocenters. The molecule has 0 radical (unpaired) electrons. The van der Waals surface area contributed by atoms with Crippen molar-refractivity contribution < 1.29 is 127 Å². The van der Waals surface area contributed by atoms with E-state index in [1.807, 2.05) is 0 Å². The number of nitrogens with one attached hydrogen (secondary N) is 15. The Kier molecular flexibility index (Phi) is 42.9. The quantitative estimate of drug-likeness (QED) is 0.0185. The van der Waals surface area contributed by atoms with Gasteiger partial charge in [0.1, 0.15) is 84.3 Å². The number of hydrogen-bond acceptors (Lipinski definition) is 25. The lowest BCUT2D eigenvalue weighted by Gasteiger charge is -2.33. The Morgan fingerprint density at radius 2 is 1.07 bits per heavy atom. The molecule has 122 heavy (non-hydrogen) atoms. The Morgan fingerprint density at radius 1 is 0.557 bits per heavy atom. The number of phenols is 1. The van der Waals surface area contributed by atoms with Crippen molar-refractivity contribution in [2.45, 2.75) is 223 Å². The lowest BCUT2D eigenvalue weighted by molar-refractivity contribution is -0.144. The molecule has 1 aliphatic heterocycles. The van der Waals surface area contributed by atoms with Gasteiger partial charge in [-0.2, -0.15) is 11.8 Å². The van der Waals surface area contributed by atoms with Crippen LogP contribution in [0.25, 0.3) is 10.9 Å². The zero-order valence-electron chi connectivity index (χ0n) is 69.3. The minimum absolute atomic E-state index is 0.0247. The van der Waals surface area contributed by atoms with Crippen LogP contribution in [0.4, 0.5) is 4.79 Å². The standard InChI is InChI=1S/C77H116N18O26S/c1-10-28-95(93-71(114)56-19-15-29-94(56)75(118)61(39(4)5)90-73(116)60(38(2)3)89-68(111)53(33-59(105)106)85-64(107)48(81-42(8)100)24-25-58(103)104)77(121)88-55(37-97)70(113)83-49(26-30-122-9)65(108)87-54(36-96)69(112)84-51(31-43-20-22-45(101)23-21-43)66(109)92-63(41(7)99)74(117)86-52(32-44-34-79-47-17-12-11-16-46(44)47)67(110)91-62(40(6)98)72(115)80-35-57(102)82-50(76(119)120)18-13-14-27-78/h11-12,16-17,20-23,34,38-41,48-56,60-63,79,96-99,101H,10,13-15,18-19,24-33,35-37,78H2,1-9H3,(H,80,115)(H,81,100)(H,82,102)(H,83,113)(H,84,112)(H,85,107)(H,86,117)(H,87,108)(H,88,121)(H,89,111)(H,90,116)(H,91,110)(H,92,109)(H,93,114)(H,103,104)(H,105,106)(H,119,120)/t40-,41-,48+,49+,50+,51+,52+,53+,54+,55+,56+,60+,61+,62+,63+/m1/s1. The average molecular weight is 1740 g/mol. The maximum absolute atomic E-state index is 14.6. The van der Waals surface area contributed by atoms with E-state index in [1.54, 1.807) is 51.3 Å². The maximum Gasteiger partial charge on any atom is 0.336 e. The third kappa shape index (κ3) is 33.0. The van der Waals surface area contributed by atoms with Crippen LogP contribution in [0.1, 0.15) is 131 Å². The second kappa shape index (κ2) is 51.1. The second-order valence-electron chi connectivity index (χ2n) is 29.9. The van der Waals surface area contributed by atoms with E-state index in [-0.39, 0.29) is 75.2 Å². The van der Waals surface area contributed by atoms with Gasteiger partial charge in [-0.15, -0.1) is 0 Å². The monoisotopic (exact) mass is 1740 g/mol. The van der Waals surface area contributed by atoms with E-state index in [2.05, 4.69) is 79.5 Å². The number of carbonyl (C=O) groups excluding carboxylic acids is 15. The van der Waals surface area contributed by atoms with Gasteiger partial charge in [-0.25, -0.2) is 14.6 Å². The first-order valence-electron chi connectivity index (χ1n) is 39.6. The van der Waals surface area contributed by atoms with Crippen molar-refractivity contribution in [3.05, 3.63) is 65.9 Å². The molecule has 1 aromatic heterocycles. The predicted molar refractivity (Wildman–Crippen MR) is 436 cm³/mol. The number of likely N-dealkylation sites (tertiary alicyclic amines) is 1. The van der Waals surface area contributed by atoms with E-state index in [9.17, 15) is 127 Å². The molecule has 25 N–H and O–H groups in total. The van der Waals surface area contributed by atoms with Gasteiger partial charge in [0.05, 0.1) is 38.4 Å². The number of H-pyrrole nitrogens is 1. The van der Waals surface area contributed by atoms with Crippen LogP contribution in [0.5, 0.6) is 5.75 Å². The topological polar surface area (TPSA) is 686 Å². The Labute approximate surface area is 706 Å². The van der Waals surface area contributed by atoms with Crippen LogP contribution in [-0.2, 0) is 94.3 Å². The second-order valence-corrected chi connectivity index (χ2v) is 30.8. The number of aromatic hydroxyl groups is 1. The fourth-order valence-corrected chi connectivity index (χ4v) is 13.2. The highest BCUT2D eigenvalue weighted by Crippen LogP contribution is 2.23. The van der Waals surface area contributed by atoms with Crippen LogP contribution >= 0.6 is 11.8 Å². The van der Waals surface area contributed by atoms with Crippen molar-refractivity contribution in [2.75, 3.05) is 51.4 Å². The summed E-state index contributed by atoms with van der Waals surface area (Å²) in [5.41, 5.74) is 9.25. The number of aromatic nitrogens is 1. The molecule has 16 amide bonds. The third-order valence-electron chi connectivity index (χ3n) is 19.3. The zero-order chi connectivity index (χ0) is 91.4. The van der Waals surface area contributed by atoms with Crippen LogP contribution in [-0.4, -0.2) is 305 Å². The third-order valence-corrected chi connectivity index (χ3v) is 20.0. The summed E-state index contributed by atoms with van der Waals surface area (Å²) in [4.78, 5) is 248. The van der Waals surface area contributed by atoms with Gasteiger partial charge in [-0.3, -0.25) is 82.1 Å². The Balaban J connectivity index is 1.52. The molecule has 3 aromatic rings. The van der Waals surface area contributed by atoms with E-state index in [0.717, 1.165) is 30.7 Å². The highest BCUT2D eigenvalue weighted by molar-refractivity contribution is 7.98. The Morgan fingerprint density at radius 3 is 1.61 bits per heavy atom. The number of hydrazine groups is 1. The summed E-state index contributed by atoms with van der Waals surface area (Å²) in [5, 5.41) is 114. The molecule has 0 aliphatic carbocycles. The van der Waals surface area contributed by atoms with Crippen molar-refractivity contribution in [1.82, 2.24) is 89.4 Å². The predicted octanol–water partition coefficient (Wildman–Crippen LogP) is -5.70. The number of thioether (sulfide) groups is 1. The number of rotatable bonds is 51. The molecule has 2 aromatic carbocycles. The normalized spacial score (nSPS) is 15.9. The van der Waals surface area contributed by atoms with Crippen molar-refractivity contribution in [3.8, 4) is 5.75 Å². The summed E-state index contributed by atoms with van der Waals surface area (Å²) in [6, 6.07) is -10.7. The number of nitrogens with two attached hydrogens (primary N) is 1. The van der Waals surface area contributed by atoms with Gasteiger partial charge in [0, 0.05) is 56.4 Å². The number of aliphatic carboxylic acids is 3. The van der Waals surface area contributed by atoms with Crippen LogP contribution in [0.2, 0.25) is 0 Å². The molecule has 2 heterocycles. The molecule has 0 spiro atoms. The molecule has 45 heteroatoms. The van der Waals surface area contributed by atoms with E-state index >= 15 is 0 Å². The zero-order valence-corrected chi connectivity index (χ0v) is 70.1. The number of carboxylic acid groups (broad SMARTS) is 3. The summed E-state index contributed by atoms with van der Waals surface area (Å²) in [7, 11) is 0. The number of phenolic OH excluding ortho intramolecular Hbond substituents is 1. The van der Waals surface area contributed by atoms with Gasteiger partial charge < -0.3 is 126 Å². The maximum atomic E-state index is 14.6. The number of benzene rings is 2. The molecule has 676 valence electrons. The lowest BCUT2D eigenvalue weighted by atomic mass is 9.98. The Bertz CT molecular complexity index is 4130. The number of fused-ring (bicyclic) bond motifs is 1. The number of hydrogen-bond donors (Lipinski definition) is 24. The first-order chi connectivity index (χ1) is 57.6. The largest absolute Gasteiger partial charge is 0.508 e. The molecule has 1 aliphatic rings. The number of carboxylic acids is 3. The van der Waals surface area contributed by atoms with Crippen molar-refractivity contribution in [2.24, 2.45) is 17.6 Å². The minimum Gasteiger partial charge on any atom is -0.508 e. The molecule has 44 nitrogen and oxygen atoms in total. The number of para-hydroxylation sites is 1. The molecule has 0 unspecified atom stereocenters. The number of amides is 16. The molecule has 0 saturated carbocycles. The number of aliphatic hydroxyl groups excluding tert-OH is 4. The van der Waals surface area contributed by atoms with E-state index < -0.39 is 255 Å². The molecular formula is C77H116N18O26S. The van der Waals surface area contributed by atoms with E-state index in [0.29, 0.717) is 29.3 Å². The number of aromatic amines is 1. The summed E-state index contributed by atoms with van der Waals surface area (Å²) >= 11 is 1.20. The van der Waals surface area contributed by atoms with Gasteiger partial charge >= 0.3 is 23.9 Å². The fourth-order valence-electron chi connectivity index (χ4n) is 12.7. The lowest BCUT2D eigenvalue weighted by Crippen LogP contribution is -2.63. The number of unbranched alkanes of at least 4 members (excludes halogenated alkanes) is 1. The molecule has 1 fully saturated rings. The van der Waals surface area contributed by atoms with Crippen LogP contribution in [0.3, 0.4) is 0 Å². The highest BCUT2D eigenvalue weighted by Gasteiger charge is 2.43. The summed E-state index contributed by atoms with van der Waals surface area (Å²) in [5.74, 6) is -20.5. The summed E-state index contributed by atoms with van der Waals surface area (Å²) in [6.45, 7) is 7.95. The molecule has 1 saturated heterocycles. The van der Waals surface area contributed by atoms with Gasteiger partial charge in [-0.05, 0) is 125 Å². The minimum atomic E-state index is -1.98. The van der Waals surface area contributed by atoms with Gasteiger partial charge in [0.15, 0.2) is 0 Å². The van der Waals surface area contributed by atoms with Crippen molar-refractivity contribution in [1.29, 1.82) is 0 Å². The smallest absolute Gasteiger partial charge is 0.336 e. The van der Waals surface area contributed by atoms with Gasteiger partial charge in [0.25, 0.3) is 5.91 Å². The number of urea groups is 1. The first-order valence-corrected chi connectivity index (χ1v) is 41.0. The van der Waals surface area contributed by atoms with Gasteiger partial charge in [0.2, 0.25) is 76.8 Å². The SMILES string of the molecule is CCCN(NC(=O)[C@@H]1CCCN1C(=O)[C@@H](NC(=O)[C@@H](NC(=O)[C@H](CC(=O)O)NC(=O)[C@H](CCC(=O)O)NC(C)=O)C(C)C)C(C)C)C(=O)N[C@@H](CO)C(=O)N[C@@H](CCSC)C(=O)N[C@@H](CO)C(=O)N[C@@H](Cc1ccc(O)cc1)C(=O)N[C@H](C(=O)N[C@@H](Cc1c[nH]c2ccccc12)C(=O)N[C@H](C(=O)NCC(=O)N[C@@H](CCCCN)C(=O)O)[C@@H](C)O)[C@@H](C)O. The Hall–Kier alpha value is -11.8. The summed E-state index contributed by atoms with van der Waals surface area (Å²) < 4.78 is 0. The van der Waals surface area contributed by atoms with Crippen molar-refractivity contribution in [3.63, 3.8) is 0 Å². The van der Waals surface area contributed by atoms with Crippen LogP contribution in [0.15, 0.2) is 54.7 Å². The first kappa shape index (κ1) is 103. The fraction of sp³-hybridized carbons (Fsp3) is 0.584. The molecule has 0 bridgehead atoms. The number of nitrogens with zero attached hydrogens (tertiary/aromatic N) is 2. The molecule has 4 rings (SSSR count). The van der Waals surface area contributed by atoms with Crippen LogP contribution < -0.4 is 80.3 Å². The van der Waals surface area contributed by atoms with Crippen molar-refractivity contribution >= 4 is 129 Å². The van der Waals surface area contributed by atoms with E-state index in [4.69, 9.17) is 5.73 Å².